The molecule has 6 heteroatoms. The van der Waals surface area contributed by atoms with Crippen LogP contribution in [0.25, 0.3) is 0 Å². The SMILES string of the molecule is CCCOc1ccc(N2C(=O)C[C@H]([NH+]3CCSCC3)C2=O)cc1. The minimum atomic E-state index is -0.209. The lowest BCUT2D eigenvalue weighted by molar-refractivity contribution is -0.911. The largest absolute Gasteiger partial charge is 0.494 e. The standard InChI is InChI=1S/C17H22N2O3S/c1-2-9-22-14-5-3-13(4-6-14)19-16(20)12-15(17(19)21)18-7-10-23-11-8-18/h3-6,15H,2,7-12H2,1H3/p+1/t15-/m0/s1. The van der Waals surface area contributed by atoms with Gasteiger partial charge in [0.15, 0.2) is 6.04 Å². The molecule has 2 heterocycles. The number of anilines is 1. The van der Waals surface area contributed by atoms with Gasteiger partial charge in [0.05, 0.1) is 31.8 Å². The molecule has 1 aromatic carbocycles. The average Bonchev–Trinajstić information content (AvgIpc) is 2.89. The number of thioether (sulfide) groups is 1. The number of nitrogens with zero attached hydrogens (tertiary/aromatic N) is 1. The summed E-state index contributed by atoms with van der Waals surface area (Å²) >= 11 is 1.92. The highest BCUT2D eigenvalue weighted by atomic mass is 32.2. The summed E-state index contributed by atoms with van der Waals surface area (Å²) in [5.41, 5.74) is 0.650. The molecule has 2 aliphatic rings. The van der Waals surface area contributed by atoms with E-state index >= 15 is 0 Å². The first-order valence-corrected chi connectivity index (χ1v) is 9.38. The van der Waals surface area contributed by atoms with Crippen molar-refractivity contribution in [2.45, 2.75) is 25.8 Å². The summed E-state index contributed by atoms with van der Waals surface area (Å²) in [7, 11) is 0. The molecule has 124 valence electrons. The second-order valence-electron chi connectivity index (χ2n) is 5.94. The second-order valence-corrected chi connectivity index (χ2v) is 7.16. The molecule has 0 aromatic heterocycles. The molecule has 2 saturated heterocycles. The van der Waals surface area contributed by atoms with Crippen LogP contribution < -0.4 is 14.5 Å². The van der Waals surface area contributed by atoms with Gasteiger partial charge in [-0.15, -0.1) is 0 Å². The molecule has 0 spiro atoms. The van der Waals surface area contributed by atoms with Crippen molar-refractivity contribution in [3.8, 4) is 5.75 Å². The summed E-state index contributed by atoms with van der Waals surface area (Å²) in [5, 5.41) is 0. The zero-order valence-corrected chi connectivity index (χ0v) is 14.2. The highest BCUT2D eigenvalue weighted by Crippen LogP contribution is 2.24. The molecular formula is C17H23N2O3S+. The van der Waals surface area contributed by atoms with Crippen molar-refractivity contribution >= 4 is 29.3 Å². The van der Waals surface area contributed by atoms with Gasteiger partial charge in [-0.2, -0.15) is 11.8 Å². The molecule has 2 amide bonds. The maximum Gasteiger partial charge on any atom is 0.292 e. The number of amides is 2. The second kappa shape index (κ2) is 7.36. The number of nitrogens with one attached hydrogen (secondary N) is 1. The molecule has 1 N–H and O–H groups in total. The Morgan fingerprint density at radius 3 is 2.57 bits per heavy atom. The van der Waals surface area contributed by atoms with Crippen molar-refractivity contribution in [2.24, 2.45) is 0 Å². The van der Waals surface area contributed by atoms with Crippen LogP contribution in [0.1, 0.15) is 19.8 Å². The van der Waals surface area contributed by atoms with E-state index in [-0.39, 0.29) is 17.9 Å². The molecule has 2 aliphatic heterocycles. The van der Waals surface area contributed by atoms with Crippen molar-refractivity contribution < 1.29 is 19.2 Å². The van der Waals surface area contributed by atoms with Crippen LogP contribution in [0.4, 0.5) is 5.69 Å². The molecule has 1 aromatic rings. The van der Waals surface area contributed by atoms with E-state index in [4.69, 9.17) is 4.74 Å². The van der Waals surface area contributed by atoms with Gasteiger partial charge in [-0.05, 0) is 30.7 Å². The van der Waals surface area contributed by atoms with Crippen LogP contribution in [0.5, 0.6) is 5.75 Å². The number of hydrogen-bond donors (Lipinski definition) is 1. The number of imide groups is 1. The van der Waals surface area contributed by atoms with E-state index < -0.39 is 0 Å². The Labute approximate surface area is 141 Å². The van der Waals surface area contributed by atoms with Crippen LogP contribution in [-0.4, -0.2) is 49.1 Å². The zero-order valence-electron chi connectivity index (χ0n) is 13.4. The fraction of sp³-hybridized carbons (Fsp3) is 0.529. The Kier molecular flexibility index (Phi) is 5.23. The van der Waals surface area contributed by atoms with Crippen LogP contribution in [0, 0.1) is 0 Å². The Bertz CT molecular complexity index is 570. The maximum absolute atomic E-state index is 12.7. The zero-order chi connectivity index (χ0) is 16.2. The topological polar surface area (TPSA) is 51.0 Å². The third-order valence-corrected chi connectivity index (χ3v) is 5.33. The van der Waals surface area contributed by atoms with E-state index in [1.54, 1.807) is 12.1 Å². The van der Waals surface area contributed by atoms with E-state index in [0.29, 0.717) is 18.7 Å². The van der Waals surface area contributed by atoms with Crippen LogP contribution in [0.3, 0.4) is 0 Å². The molecule has 5 nitrogen and oxygen atoms in total. The quantitative estimate of drug-likeness (QED) is 0.807. The predicted molar refractivity (Wildman–Crippen MR) is 91.1 cm³/mol. The summed E-state index contributed by atoms with van der Waals surface area (Å²) in [6.45, 7) is 4.65. The van der Waals surface area contributed by atoms with Crippen molar-refractivity contribution in [3.63, 3.8) is 0 Å². The van der Waals surface area contributed by atoms with Crippen LogP contribution in [0.2, 0.25) is 0 Å². The van der Waals surface area contributed by atoms with Crippen LogP contribution in [0.15, 0.2) is 24.3 Å². The predicted octanol–water partition coefficient (Wildman–Crippen LogP) is 0.739. The number of ether oxygens (including phenoxy) is 1. The highest BCUT2D eigenvalue weighted by Gasteiger charge is 2.45. The molecule has 2 fully saturated rings. The molecular weight excluding hydrogens is 312 g/mol. The maximum atomic E-state index is 12.7. The Hall–Kier alpha value is -1.53. The fourth-order valence-electron chi connectivity index (χ4n) is 3.12. The first-order chi connectivity index (χ1) is 11.2. The van der Waals surface area contributed by atoms with Crippen molar-refractivity contribution in [1.29, 1.82) is 0 Å². The number of hydrogen-bond acceptors (Lipinski definition) is 4. The monoisotopic (exact) mass is 335 g/mol. The van der Waals surface area contributed by atoms with Gasteiger partial charge in [-0.3, -0.25) is 9.59 Å². The van der Waals surface area contributed by atoms with Crippen LogP contribution in [-0.2, 0) is 9.59 Å². The first kappa shape index (κ1) is 16.3. The third-order valence-electron chi connectivity index (χ3n) is 4.34. The Morgan fingerprint density at radius 2 is 1.91 bits per heavy atom. The number of benzene rings is 1. The van der Waals surface area contributed by atoms with E-state index in [2.05, 4.69) is 6.92 Å². The van der Waals surface area contributed by atoms with Crippen molar-refractivity contribution in [2.75, 3.05) is 36.1 Å². The van der Waals surface area contributed by atoms with E-state index in [1.165, 1.54) is 9.80 Å². The van der Waals surface area contributed by atoms with E-state index in [0.717, 1.165) is 36.8 Å². The smallest absolute Gasteiger partial charge is 0.292 e. The lowest BCUT2D eigenvalue weighted by Gasteiger charge is -2.27. The fourth-order valence-corrected chi connectivity index (χ4v) is 4.13. The van der Waals surface area contributed by atoms with Crippen LogP contribution >= 0.6 is 11.8 Å². The lowest BCUT2D eigenvalue weighted by atomic mass is 10.2. The van der Waals surface area contributed by atoms with Gasteiger partial charge >= 0.3 is 0 Å². The Morgan fingerprint density at radius 1 is 1.22 bits per heavy atom. The minimum absolute atomic E-state index is 0.0564. The van der Waals surface area contributed by atoms with Gasteiger partial charge < -0.3 is 9.64 Å². The van der Waals surface area contributed by atoms with Gasteiger partial charge in [0.1, 0.15) is 5.75 Å². The summed E-state index contributed by atoms with van der Waals surface area (Å²) in [6.07, 6.45) is 1.27. The Balaban J connectivity index is 1.71. The summed E-state index contributed by atoms with van der Waals surface area (Å²) in [4.78, 5) is 27.7. The molecule has 0 saturated carbocycles. The number of rotatable bonds is 5. The molecule has 1 atom stereocenters. The summed E-state index contributed by atoms with van der Waals surface area (Å²) < 4.78 is 5.55. The lowest BCUT2D eigenvalue weighted by Crippen LogP contribution is -3.18. The molecule has 0 radical (unpaired) electrons. The van der Waals surface area contributed by atoms with E-state index in [1.807, 2.05) is 23.9 Å². The number of quaternary nitrogens is 1. The minimum Gasteiger partial charge on any atom is -0.494 e. The summed E-state index contributed by atoms with van der Waals surface area (Å²) in [5.74, 6) is 2.75. The molecule has 0 aliphatic carbocycles. The van der Waals surface area contributed by atoms with Gasteiger partial charge in [0, 0.05) is 11.5 Å². The van der Waals surface area contributed by atoms with E-state index in [9.17, 15) is 9.59 Å². The third kappa shape index (κ3) is 3.53. The van der Waals surface area contributed by atoms with Crippen molar-refractivity contribution in [1.82, 2.24) is 0 Å². The number of carbonyl (C=O) groups excluding carboxylic acids is 2. The molecule has 3 rings (SSSR count). The first-order valence-electron chi connectivity index (χ1n) is 8.22. The average molecular weight is 335 g/mol. The van der Waals surface area contributed by atoms with Gasteiger partial charge in [-0.1, -0.05) is 6.92 Å². The molecule has 0 bridgehead atoms. The molecule has 0 unspecified atom stereocenters. The molecule has 23 heavy (non-hydrogen) atoms. The van der Waals surface area contributed by atoms with Gasteiger partial charge in [0.25, 0.3) is 5.91 Å². The highest BCUT2D eigenvalue weighted by molar-refractivity contribution is 7.99. The normalized spacial score (nSPS) is 22.7. The van der Waals surface area contributed by atoms with Crippen molar-refractivity contribution in [3.05, 3.63) is 24.3 Å². The van der Waals surface area contributed by atoms with Gasteiger partial charge in [-0.25, -0.2) is 4.90 Å². The number of carbonyl (C=O) groups is 2. The summed E-state index contributed by atoms with van der Waals surface area (Å²) in [6, 6.07) is 7.03. The van der Waals surface area contributed by atoms with Gasteiger partial charge in [0.2, 0.25) is 5.91 Å².